The van der Waals surface area contributed by atoms with Gasteiger partial charge in [0.1, 0.15) is 5.82 Å². The Hall–Kier alpha value is -3.60. The van der Waals surface area contributed by atoms with Crippen LogP contribution in [0.25, 0.3) is 11.1 Å². The van der Waals surface area contributed by atoms with E-state index < -0.39 is 18.5 Å². The quantitative estimate of drug-likeness (QED) is 0.559. The summed E-state index contributed by atoms with van der Waals surface area (Å²) in [5.41, 5.74) is 1.72. The van der Waals surface area contributed by atoms with Crippen molar-refractivity contribution in [3.8, 4) is 17.0 Å². The molecule has 3 aromatic rings. The first-order valence-electron chi connectivity index (χ1n) is 10.4. The monoisotopic (exact) mass is 491 g/mol. The fourth-order valence-electron chi connectivity index (χ4n) is 4.56. The van der Waals surface area contributed by atoms with Crippen LogP contribution >= 0.6 is 11.6 Å². The van der Waals surface area contributed by atoms with Crippen LogP contribution in [0.4, 0.5) is 23.7 Å². The second-order valence-electron chi connectivity index (χ2n) is 8.01. The zero-order valence-corrected chi connectivity index (χ0v) is 18.2. The first kappa shape index (κ1) is 22.2. The zero-order chi connectivity index (χ0) is 24.0. The number of pyridine rings is 1. The highest BCUT2D eigenvalue weighted by molar-refractivity contribution is 6.33. The number of nitrogens with one attached hydrogen (secondary N) is 2. The summed E-state index contributed by atoms with van der Waals surface area (Å²) in [5, 5.41) is 9.25. The maximum absolute atomic E-state index is 14.9. The summed E-state index contributed by atoms with van der Waals surface area (Å²) in [7, 11) is 0. The van der Waals surface area contributed by atoms with Crippen LogP contribution < -0.4 is 15.6 Å². The van der Waals surface area contributed by atoms with E-state index in [1.165, 1.54) is 30.5 Å². The number of alkyl halides is 2. The highest BCUT2D eigenvalue weighted by Gasteiger charge is 2.44. The van der Waals surface area contributed by atoms with Gasteiger partial charge in [-0.1, -0.05) is 11.6 Å². The van der Waals surface area contributed by atoms with Crippen LogP contribution in [0, 0.1) is 5.82 Å². The molecular formula is C22H17ClF3N5O3. The van der Waals surface area contributed by atoms with E-state index in [-0.39, 0.29) is 39.8 Å². The number of carbonyl (C=O) groups excluding carboxylic acids is 1. The number of amides is 2. The molecule has 2 amide bonds. The molecule has 2 N–H and O–H groups in total. The van der Waals surface area contributed by atoms with Gasteiger partial charge in [0.15, 0.2) is 0 Å². The SMILES string of the molecule is O=C(Nc1cc(Cl)c(-c2ccc(OC(F)F)nc2)cc1F)N1C2CC[C@@H]1c1n[nH]c(=O)cc1C2. The molecule has 0 aliphatic carbocycles. The molecule has 0 radical (unpaired) electrons. The van der Waals surface area contributed by atoms with E-state index in [4.69, 9.17) is 11.6 Å². The number of hydrogen-bond acceptors (Lipinski definition) is 5. The van der Waals surface area contributed by atoms with Gasteiger partial charge in [-0.2, -0.15) is 13.9 Å². The minimum absolute atomic E-state index is 0.107. The molecule has 4 heterocycles. The lowest BCUT2D eigenvalue weighted by molar-refractivity contribution is -0.0528. The first-order valence-corrected chi connectivity index (χ1v) is 10.8. The minimum atomic E-state index is -3.01. The number of fused-ring (bicyclic) bond motifs is 4. The Bertz CT molecular complexity index is 1320. The van der Waals surface area contributed by atoms with Crippen molar-refractivity contribution in [1.82, 2.24) is 20.1 Å². The second-order valence-corrected chi connectivity index (χ2v) is 8.41. The zero-order valence-electron chi connectivity index (χ0n) is 17.4. The van der Waals surface area contributed by atoms with Gasteiger partial charge in [0, 0.05) is 35.5 Å². The van der Waals surface area contributed by atoms with Gasteiger partial charge < -0.3 is 15.0 Å². The van der Waals surface area contributed by atoms with Crippen molar-refractivity contribution in [2.45, 2.75) is 38.0 Å². The second kappa shape index (κ2) is 8.64. The summed E-state index contributed by atoms with van der Waals surface area (Å²) in [6.45, 7) is -3.01. The molecular weight excluding hydrogens is 475 g/mol. The third-order valence-corrected chi connectivity index (χ3v) is 6.30. The molecule has 8 nitrogen and oxygen atoms in total. The Morgan fingerprint density at radius 2 is 2.09 bits per heavy atom. The van der Waals surface area contributed by atoms with Gasteiger partial charge in [-0.25, -0.2) is 19.3 Å². The fourth-order valence-corrected chi connectivity index (χ4v) is 4.83. The van der Waals surface area contributed by atoms with Crippen molar-refractivity contribution >= 4 is 23.3 Å². The van der Waals surface area contributed by atoms with Gasteiger partial charge in [-0.15, -0.1) is 0 Å². The molecule has 12 heteroatoms. The Morgan fingerprint density at radius 3 is 2.82 bits per heavy atom. The molecule has 2 aromatic heterocycles. The molecule has 1 unspecified atom stereocenters. The molecule has 1 saturated heterocycles. The number of nitrogens with zero attached hydrogens (tertiary/aromatic N) is 3. The van der Waals surface area contributed by atoms with Crippen molar-refractivity contribution in [1.29, 1.82) is 0 Å². The lowest BCUT2D eigenvalue weighted by atomic mass is 9.99. The normalized spacial score (nSPS) is 18.7. The van der Waals surface area contributed by atoms with E-state index in [9.17, 15) is 22.8 Å². The standard InChI is InChI=1S/C22H17ClF3N5O3/c23-14-8-16(15(24)7-13(14)10-1-4-19(27-9-10)34-21(25)26)28-22(33)31-12-2-3-17(31)20-11(5-12)6-18(32)29-30-20/h1,4,6-9,12,17,21H,2-3,5H2,(H,28,33)(H,29,32)/t12?,17-/m1/s1. The topological polar surface area (TPSA) is 100 Å². The van der Waals surface area contributed by atoms with E-state index in [0.29, 0.717) is 24.1 Å². The van der Waals surface area contributed by atoms with Crippen LogP contribution in [0.15, 0.2) is 41.3 Å². The van der Waals surface area contributed by atoms with Gasteiger partial charge in [-0.05, 0) is 43.0 Å². The predicted octanol–water partition coefficient (Wildman–Crippen LogP) is 4.52. The van der Waals surface area contributed by atoms with Gasteiger partial charge in [-0.3, -0.25) is 4.79 Å². The number of aromatic nitrogens is 3. The minimum Gasteiger partial charge on any atom is -0.417 e. The average Bonchev–Trinajstić information content (AvgIpc) is 3.11. The predicted molar refractivity (Wildman–Crippen MR) is 116 cm³/mol. The van der Waals surface area contributed by atoms with Gasteiger partial charge in [0.05, 0.1) is 22.4 Å². The number of aromatic amines is 1. The molecule has 1 aromatic carbocycles. The van der Waals surface area contributed by atoms with Crippen molar-refractivity contribution < 1.29 is 22.7 Å². The number of carbonyl (C=O) groups is 1. The highest BCUT2D eigenvalue weighted by Crippen LogP contribution is 2.42. The third-order valence-electron chi connectivity index (χ3n) is 5.98. The maximum Gasteiger partial charge on any atom is 0.388 e. The van der Waals surface area contributed by atoms with E-state index in [1.807, 2.05) is 0 Å². The average molecular weight is 492 g/mol. The van der Waals surface area contributed by atoms with Crippen LogP contribution in [-0.2, 0) is 6.42 Å². The van der Waals surface area contributed by atoms with Crippen LogP contribution in [-0.4, -0.2) is 38.8 Å². The molecule has 5 rings (SSSR count). The van der Waals surface area contributed by atoms with Crippen molar-refractivity contribution in [2.75, 3.05) is 5.32 Å². The molecule has 34 heavy (non-hydrogen) atoms. The van der Waals surface area contributed by atoms with Crippen LogP contribution in [0.2, 0.25) is 5.02 Å². The van der Waals surface area contributed by atoms with E-state index >= 15 is 0 Å². The van der Waals surface area contributed by atoms with Crippen LogP contribution in [0.3, 0.4) is 0 Å². The lowest BCUT2D eigenvalue weighted by Crippen LogP contribution is -2.45. The molecule has 0 spiro atoms. The molecule has 2 bridgehead atoms. The summed E-state index contributed by atoms with van der Waals surface area (Å²) in [6, 6.07) is 5.62. The summed E-state index contributed by atoms with van der Waals surface area (Å²) in [5.74, 6) is -1.01. The van der Waals surface area contributed by atoms with E-state index in [1.54, 1.807) is 4.90 Å². The molecule has 2 atom stereocenters. The molecule has 0 saturated carbocycles. The largest absolute Gasteiger partial charge is 0.417 e. The molecule has 1 fully saturated rings. The van der Waals surface area contributed by atoms with Gasteiger partial charge in [0.25, 0.3) is 5.56 Å². The molecule has 2 aliphatic heterocycles. The number of rotatable bonds is 4. The van der Waals surface area contributed by atoms with E-state index in [2.05, 4.69) is 25.2 Å². The number of H-pyrrole nitrogens is 1. The number of halogens is 4. The third kappa shape index (κ3) is 4.07. The number of hydrogen-bond donors (Lipinski definition) is 2. The van der Waals surface area contributed by atoms with Crippen molar-refractivity contribution in [3.05, 3.63) is 69.0 Å². The smallest absolute Gasteiger partial charge is 0.388 e. The van der Waals surface area contributed by atoms with Gasteiger partial charge >= 0.3 is 12.6 Å². The Kier molecular flexibility index (Phi) is 5.64. The van der Waals surface area contributed by atoms with Crippen molar-refractivity contribution in [2.24, 2.45) is 0 Å². The van der Waals surface area contributed by atoms with Crippen LogP contribution in [0.5, 0.6) is 5.88 Å². The number of benzene rings is 1. The molecule has 176 valence electrons. The summed E-state index contributed by atoms with van der Waals surface area (Å²) >= 11 is 6.33. The number of anilines is 1. The Labute approximate surface area is 195 Å². The maximum atomic E-state index is 14.9. The summed E-state index contributed by atoms with van der Waals surface area (Å²) in [6.07, 6.45) is 3.15. The Morgan fingerprint density at radius 1 is 1.26 bits per heavy atom. The number of urea groups is 1. The van der Waals surface area contributed by atoms with Crippen LogP contribution in [0.1, 0.15) is 30.1 Å². The van der Waals surface area contributed by atoms with E-state index in [0.717, 1.165) is 18.1 Å². The number of ether oxygens (including phenoxy) is 1. The summed E-state index contributed by atoms with van der Waals surface area (Å²) < 4.78 is 43.7. The molecule has 2 aliphatic rings. The Balaban J connectivity index is 1.36. The lowest BCUT2D eigenvalue weighted by Gasteiger charge is -2.35. The van der Waals surface area contributed by atoms with Gasteiger partial charge in [0.2, 0.25) is 5.88 Å². The first-order chi connectivity index (χ1) is 16.3. The highest BCUT2D eigenvalue weighted by atomic mass is 35.5. The summed E-state index contributed by atoms with van der Waals surface area (Å²) in [4.78, 5) is 30.0. The van der Waals surface area contributed by atoms with Crippen molar-refractivity contribution in [3.63, 3.8) is 0 Å². The fraction of sp³-hybridized carbons (Fsp3) is 0.273.